The fourth-order valence-corrected chi connectivity index (χ4v) is 2.30. The molecule has 1 unspecified atom stereocenters. The summed E-state index contributed by atoms with van der Waals surface area (Å²) in [6, 6.07) is 2.66. The van der Waals surface area contributed by atoms with Crippen molar-refractivity contribution >= 4 is 5.91 Å². The molecular formula is C14H15F4NO2. The zero-order chi connectivity index (χ0) is 15.7. The zero-order valence-electron chi connectivity index (χ0n) is 11.4. The number of alkyl halides is 3. The summed E-state index contributed by atoms with van der Waals surface area (Å²) in [5.74, 6) is -2.42. The average Bonchev–Trinajstić information content (AvgIpc) is 2.37. The van der Waals surface area contributed by atoms with Crippen LogP contribution < -0.4 is 5.32 Å². The smallest absolute Gasteiger partial charge is 0.379 e. The molecular weight excluding hydrogens is 290 g/mol. The Balaban J connectivity index is 2.24. The Morgan fingerprint density at radius 1 is 1.38 bits per heavy atom. The molecule has 0 spiro atoms. The van der Waals surface area contributed by atoms with Crippen molar-refractivity contribution in [1.82, 2.24) is 5.32 Å². The Morgan fingerprint density at radius 2 is 2.10 bits per heavy atom. The fraction of sp³-hybridized carbons (Fsp3) is 0.500. The molecule has 1 aliphatic rings. The van der Waals surface area contributed by atoms with Crippen LogP contribution in [0.1, 0.15) is 35.7 Å². The molecule has 1 saturated heterocycles. The second-order valence-corrected chi connectivity index (χ2v) is 5.34. The van der Waals surface area contributed by atoms with Crippen LogP contribution >= 0.6 is 0 Å². The molecule has 1 N–H and O–H groups in total. The van der Waals surface area contributed by atoms with E-state index in [0.717, 1.165) is 18.6 Å². The molecule has 7 heteroatoms. The highest BCUT2D eigenvalue weighted by Crippen LogP contribution is 2.32. The molecule has 1 aromatic rings. The molecule has 0 radical (unpaired) electrons. The van der Waals surface area contributed by atoms with Crippen LogP contribution in [0, 0.1) is 5.82 Å². The van der Waals surface area contributed by atoms with Crippen LogP contribution in [0.5, 0.6) is 0 Å². The van der Waals surface area contributed by atoms with Crippen molar-refractivity contribution in [3.05, 3.63) is 35.1 Å². The lowest BCUT2D eigenvalue weighted by Gasteiger charge is -2.34. The highest BCUT2D eigenvalue weighted by atomic mass is 19.4. The summed E-state index contributed by atoms with van der Waals surface area (Å²) in [5.41, 5.74) is -2.76. The summed E-state index contributed by atoms with van der Waals surface area (Å²) < 4.78 is 57.0. The van der Waals surface area contributed by atoms with Gasteiger partial charge in [-0.05, 0) is 31.9 Å². The second kappa shape index (κ2) is 5.63. The van der Waals surface area contributed by atoms with E-state index < -0.39 is 34.6 Å². The van der Waals surface area contributed by atoms with Gasteiger partial charge in [0.05, 0.1) is 23.3 Å². The third-order valence-corrected chi connectivity index (χ3v) is 3.40. The number of hydrogen-bond acceptors (Lipinski definition) is 2. The largest absolute Gasteiger partial charge is 0.419 e. The van der Waals surface area contributed by atoms with E-state index >= 15 is 0 Å². The van der Waals surface area contributed by atoms with E-state index in [2.05, 4.69) is 5.32 Å². The molecule has 0 bridgehead atoms. The van der Waals surface area contributed by atoms with Crippen LogP contribution in [0.3, 0.4) is 0 Å². The van der Waals surface area contributed by atoms with E-state index in [1.54, 1.807) is 6.92 Å². The van der Waals surface area contributed by atoms with Crippen molar-refractivity contribution in [3.63, 3.8) is 0 Å². The Hall–Kier alpha value is -1.63. The van der Waals surface area contributed by atoms with Gasteiger partial charge in [-0.3, -0.25) is 4.79 Å². The maximum Gasteiger partial charge on any atom is 0.419 e. The quantitative estimate of drug-likeness (QED) is 0.853. The van der Waals surface area contributed by atoms with Gasteiger partial charge in [-0.1, -0.05) is 6.07 Å². The molecule has 21 heavy (non-hydrogen) atoms. The molecule has 1 atom stereocenters. The van der Waals surface area contributed by atoms with Crippen LogP contribution in [0.15, 0.2) is 18.2 Å². The van der Waals surface area contributed by atoms with Crippen LogP contribution in [0.2, 0.25) is 0 Å². The molecule has 1 aromatic carbocycles. The third-order valence-electron chi connectivity index (χ3n) is 3.40. The van der Waals surface area contributed by atoms with E-state index in [1.165, 1.54) is 0 Å². The lowest BCUT2D eigenvalue weighted by Crippen LogP contribution is -2.51. The van der Waals surface area contributed by atoms with E-state index in [0.29, 0.717) is 19.1 Å². The zero-order valence-corrected chi connectivity index (χ0v) is 11.4. The summed E-state index contributed by atoms with van der Waals surface area (Å²) in [6.45, 7) is 2.54. The van der Waals surface area contributed by atoms with E-state index in [9.17, 15) is 22.4 Å². The topological polar surface area (TPSA) is 38.3 Å². The fourth-order valence-electron chi connectivity index (χ4n) is 2.30. The maximum absolute atomic E-state index is 13.9. The molecule has 1 amide bonds. The van der Waals surface area contributed by atoms with Crippen LogP contribution in [0.25, 0.3) is 0 Å². The molecule has 0 saturated carbocycles. The molecule has 1 fully saturated rings. The second-order valence-electron chi connectivity index (χ2n) is 5.34. The number of hydrogen-bond donors (Lipinski definition) is 1. The van der Waals surface area contributed by atoms with Gasteiger partial charge in [0.1, 0.15) is 5.82 Å². The Bertz CT molecular complexity index is 536. The number of rotatable bonds is 2. The monoisotopic (exact) mass is 305 g/mol. The predicted molar refractivity (Wildman–Crippen MR) is 67.3 cm³/mol. The van der Waals surface area contributed by atoms with Crippen LogP contribution in [-0.4, -0.2) is 24.7 Å². The highest BCUT2D eigenvalue weighted by Gasteiger charge is 2.37. The van der Waals surface area contributed by atoms with Gasteiger partial charge < -0.3 is 10.1 Å². The Morgan fingerprint density at radius 3 is 2.67 bits per heavy atom. The normalized spacial score (nSPS) is 22.9. The van der Waals surface area contributed by atoms with Crippen molar-refractivity contribution in [2.45, 2.75) is 31.5 Å². The van der Waals surface area contributed by atoms with Gasteiger partial charge in [-0.25, -0.2) is 4.39 Å². The molecule has 116 valence electrons. The Labute approximate surface area is 119 Å². The van der Waals surface area contributed by atoms with Gasteiger partial charge in [0, 0.05) is 6.61 Å². The van der Waals surface area contributed by atoms with E-state index in [1.807, 2.05) is 0 Å². The minimum absolute atomic E-state index is 0.249. The van der Waals surface area contributed by atoms with Crippen LogP contribution in [-0.2, 0) is 10.9 Å². The summed E-state index contributed by atoms with van der Waals surface area (Å²) in [4.78, 5) is 12.0. The first kappa shape index (κ1) is 15.8. The summed E-state index contributed by atoms with van der Waals surface area (Å²) in [7, 11) is 0. The average molecular weight is 305 g/mol. The first-order valence-corrected chi connectivity index (χ1v) is 6.49. The van der Waals surface area contributed by atoms with Crippen LogP contribution in [0.4, 0.5) is 17.6 Å². The molecule has 2 rings (SSSR count). The molecule has 0 aromatic heterocycles. The minimum Gasteiger partial charge on any atom is -0.379 e. The van der Waals surface area contributed by atoms with Gasteiger partial charge in [-0.2, -0.15) is 13.2 Å². The number of amides is 1. The van der Waals surface area contributed by atoms with Crippen molar-refractivity contribution in [2.24, 2.45) is 0 Å². The molecule has 1 heterocycles. The van der Waals surface area contributed by atoms with Gasteiger partial charge in [-0.15, -0.1) is 0 Å². The number of carbonyl (C=O) groups excluding carboxylic acids is 1. The van der Waals surface area contributed by atoms with Gasteiger partial charge in [0.2, 0.25) is 0 Å². The minimum atomic E-state index is -4.84. The molecule has 1 aliphatic heterocycles. The van der Waals surface area contributed by atoms with E-state index in [4.69, 9.17) is 4.74 Å². The molecule has 3 nitrogen and oxygen atoms in total. The highest BCUT2D eigenvalue weighted by molar-refractivity contribution is 5.95. The summed E-state index contributed by atoms with van der Waals surface area (Å²) in [6.07, 6.45) is -3.49. The predicted octanol–water partition coefficient (Wildman–Crippen LogP) is 3.14. The summed E-state index contributed by atoms with van der Waals surface area (Å²) >= 11 is 0. The lowest BCUT2D eigenvalue weighted by molar-refractivity contribution is -0.140. The number of ether oxygens (including phenoxy) is 1. The number of halogens is 4. The lowest BCUT2D eigenvalue weighted by atomic mass is 9.94. The maximum atomic E-state index is 13.9. The van der Waals surface area contributed by atoms with Gasteiger partial charge in [0.15, 0.2) is 0 Å². The number of benzene rings is 1. The first-order chi connectivity index (χ1) is 9.73. The number of carbonyl (C=O) groups is 1. The van der Waals surface area contributed by atoms with Crippen molar-refractivity contribution in [2.75, 3.05) is 13.2 Å². The third kappa shape index (κ3) is 3.53. The van der Waals surface area contributed by atoms with Gasteiger partial charge >= 0.3 is 6.18 Å². The SMILES string of the molecule is CC1(NC(=O)c2cccc(C(F)(F)F)c2F)CCCOC1. The Kier molecular flexibility index (Phi) is 4.22. The van der Waals surface area contributed by atoms with Crippen molar-refractivity contribution in [3.8, 4) is 0 Å². The number of nitrogens with one attached hydrogen (secondary N) is 1. The standard InChI is InChI=1S/C14H15F4NO2/c1-13(6-3-7-21-8-13)19-12(20)9-4-2-5-10(11(9)15)14(16,17)18/h2,4-5H,3,6-8H2,1H3,(H,19,20). The molecule has 0 aliphatic carbocycles. The first-order valence-electron chi connectivity index (χ1n) is 6.49. The van der Waals surface area contributed by atoms with Crippen molar-refractivity contribution in [1.29, 1.82) is 0 Å². The van der Waals surface area contributed by atoms with Crippen molar-refractivity contribution < 1.29 is 27.1 Å². The van der Waals surface area contributed by atoms with E-state index in [-0.39, 0.29) is 6.61 Å². The van der Waals surface area contributed by atoms with Gasteiger partial charge in [0.25, 0.3) is 5.91 Å². The summed E-state index contributed by atoms with van der Waals surface area (Å²) in [5, 5.41) is 2.56.